The Labute approximate surface area is 142 Å². The zero-order valence-electron chi connectivity index (χ0n) is 13.7. The number of anilines is 1. The first-order valence-electron chi connectivity index (χ1n) is 7.48. The second-order valence-electron chi connectivity index (χ2n) is 5.49. The Morgan fingerprint density at radius 3 is 2.60 bits per heavy atom. The van der Waals surface area contributed by atoms with Gasteiger partial charge in [-0.15, -0.1) is 0 Å². The highest BCUT2D eigenvalue weighted by atomic mass is 16.8. The van der Waals surface area contributed by atoms with E-state index in [2.05, 4.69) is 0 Å². The third-order valence-corrected chi connectivity index (χ3v) is 3.87. The molecule has 0 bridgehead atoms. The van der Waals surface area contributed by atoms with Crippen LogP contribution in [-0.4, -0.2) is 49.4 Å². The molecular weight excluding hydrogens is 334 g/mol. The van der Waals surface area contributed by atoms with Crippen LogP contribution in [0.3, 0.4) is 0 Å². The molecule has 2 heterocycles. The second-order valence-corrected chi connectivity index (χ2v) is 5.49. The zero-order valence-corrected chi connectivity index (χ0v) is 13.7. The summed E-state index contributed by atoms with van der Waals surface area (Å²) in [5.41, 5.74) is 0.792. The number of nitrogens with zero attached hydrogens (tertiary/aromatic N) is 1. The number of hydrogen-bond acceptors (Lipinski definition) is 9. The van der Waals surface area contributed by atoms with Crippen molar-refractivity contribution in [1.29, 1.82) is 0 Å². The molecule has 2 unspecified atom stereocenters. The number of likely N-dealkylation sites (N-methyl/N-ethyl adjacent to an activating group) is 1. The number of ketones is 1. The van der Waals surface area contributed by atoms with Crippen molar-refractivity contribution in [3.63, 3.8) is 0 Å². The smallest absolute Gasteiger partial charge is 0.421 e. The molecular formula is C16H15NO8. The van der Waals surface area contributed by atoms with Crippen LogP contribution in [-0.2, 0) is 28.6 Å². The Morgan fingerprint density at radius 1 is 1.24 bits per heavy atom. The van der Waals surface area contributed by atoms with E-state index in [1.54, 1.807) is 6.92 Å². The van der Waals surface area contributed by atoms with Crippen LogP contribution in [0.2, 0.25) is 0 Å². The topological polar surface area (TPSA) is 108 Å². The summed E-state index contributed by atoms with van der Waals surface area (Å²) in [5, 5.41) is 0. The first kappa shape index (κ1) is 16.7. The van der Waals surface area contributed by atoms with Crippen molar-refractivity contribution in [2.75, 3.05) is 18.6 Å². The molecule has 2 aliphatic rings. The number of ether oxygens (including phenoxy) is 4. The quantitative estimate of drug-likeness (QED) is 0.331. The van der Waals surface area contributed by atoms with Crippen LogP contribution in [0.15, 0.2) is 18.2 Å². The van der Waals surface area contributed by atoms with Gasteiger partial charge in [-0.3, -0.25) is 4.79 Å². The average molecular weight is 349 g/mol. The van der Waals surface area contributed by atoms with Gasteiger partial charge in [-0.1, -0.05) is 0 Å². The van der Waals surface area contributed by atoms with E-state index in [1.807, 2.05) is 0 Å². The van der Waals surface area contributed by atoms with Gasteiger partial charge in [-0.2, -0.15) is 0 Å². The van der Waals surface area contributed by atoms with Crippen LogP contribution in [0, 0.1) is 0 Å². The van der Waals surface area contributed by atoms with E-state index in [0.29, 0.717) is 11.3 Å². The Kier molecular flexibility index (Phi) is 3.86. The molecule has 1 aromatic carbocycles. The van der Waals surface area contributed by atoms with Gasteiger partial charge in [0.05, 0.1) is 12.3 Å². The number of rotatable bonds is 3. The summed E-state index contributed by atoms with van der Waals surface area (Å²) in [6, 6.07) is 4.49. The largest absolute Gasteiger partial charge is 0.460 e. The average Bonchev–Trinajstić information content (AvgIpc) is 2.57. The highest BCUT2D eigenvalue weighted by Crippen LogP contribution is 2.43. The summed E-state index contributed by atoms with van der Waals surface area (Å²) in [6.07, 6.45) is -1.40. The van der Waals surface area contributed by atoms with E-state index in [0.717, 1.165) is 0 Å². The second kappa shape index (κ2) is 5.76. The number of benzene rings is 1. The van der Waals surface area contributed by atoms with E-state index < -0.39 is 29.9 Å². The molecule has 0 amide bonds. The first-order valence-corrected chi connectivity index (χ1v) is 7.48. The Morgan fingerprint density at radius 2 is 1.96 bits per heavy atom. The summed E-state index contributed by atoms with van der Waals surface area (Å²) in [4.78, 5) is 48.7. The summed E-state index contributed by atoms with van der Waals surface area (Å²) in [6.45, 7) is 2.97. The summed E-state index contributed by atoms with van der Waals surface area (Å²) in [5.74, 6) is -5.91. The number of Topliss-reactive ketones (excluding diaryl/α,β-unsaturated/α-hetero) is 1. The molecule has 3 rings (SSSR count). The standard InChI is InChI=1S/C16H15NO8/c1-4-22-15(21)16-14(23-12(19)13(20)25-16)17(3)10-7-9(8(2)18)5-6-11(10)24-16/h5-7,14H,4H2,1-3H3. The van der Waals surface area contributed by atoms with Crippen molar-refractivity contribution >= 4 is 29.4 Å². The van der Waals surface area contributed by atoms with E-state index in [9.17, 15) is 19.2 Å². The minimum atomic E-state index is -2.28. The van der Waals surface area contributed by atoms with Crippen LogP contribution in [0.5, 0.6) is 5.75 Å². The predicted molar refractivity (Wildman–Crippen MR) is 80.8 cm³/mol. The fourth-order valence-electron chi connectivity index (χ4n) is 2.67. The monoisotopic (exact) mass is 349 g/mol. The Balaban J connectivity index is 2.12. The van der Waals surface area contributed by atoms with Crippen LogP contribution >= 0.6 is 0 Å². The Bertz CT molecular complexity index is 788. The lowest BCUT2D eigenvalue weighted by Crippen LogP contribution is -2.70. The third-order valence-electron chi connectivity index (χ3n) is 3.87. The molecule has 0 N–H and O–H groups in total. The molecule has 0 saturated carbocycles. The highest BCUT2D eigenvalue weighted by Gasteiger charge is 2.65. The van der Waals surface area contributed by atoms with E-state index in [4.69, 9.17) is 18.9 Å². The number of esters is 3. The molecule has 1 aromatic rings. The van der Waals surface area contributed by atoms with Gasteiger partial charge in [0, 0.05) is 12.6 Å². The molecule has 0 aromatic heterocycles. The van der Waals surface area contributed by atoms with Gasteiger partial charge in [-0.25, -0.2) is 14.4 Å². The van der Waals surface area contributed by atoms with Crippen molar-refractivity contribution < 1.29 is 38.1 Å². The summed E-state index contributed by atoms with van der Waals surface area (Å²) < 4.78 is 20.6. The maximum Gasteiger partial charge on any atom is 0.421 e. The molecule has 1 saturated heterocycles. The minimum Gasteiger partial charge on any atom is -0.460 e. The number of hydrogen-bond donors (Lipinski definition) is 0. The number of carbonyl (C=O) groups excluding carboxylic acids is 4. The first-order chi connectivity index (χ1) is 11.8. The van der Waals surface area contributed by atoms with E-state index >= 15 is 0 Å². The fraction of sp³-hybridized carbons (Fsp3) is 0.375. The zero-order chi connectivity index (χ0) is 18.4. The molecule has 132 valence electrons. The molecule has 0 aliphatic carbocycles. The third kappa shape index (κ3) is 2.48. The molecule has 0 spiro atoms. The van der Waals surface area contributed by atoms with Crippen molar-refractivity contribution in [3.05, 3.63) is 23.8 Å². The van der Waals surface area contributed by atoms with Gasteiger partial charge in [-0.05, 0) is 32.0 Å². The van der Waals surface area contributed by atoms with Crippen molar-refractivity contribution in [2.24, 2.45) is 0 Å². The molecule has 9 nitrogen and oxygen atoms in total. The molecule has 0 radical (unpaired) electrons. The van der Waals surface area contributed by atoms with Crippen molar-refractivity contribution in [1.82, 2.24) is 0 Å². The normalized spacial score (nSPS) is 24.3. The lowest BCUT2D eigenvalue weighted by atomic mass is 10.1. The fourth-order valence-corrected chi connectivity index (χ4v) is 2.67. The van der Waals surface area contributed by atoms with Crippen LogP contribution in [0.4, 0.5) is 5.69 Å². The highest BCUT2D eigenvalue weighted by molar-refractivity contribution is 6.30. The molecule has 2 aliphatic heterocycles. The lowest BCUT2D eigenvalue weighted by molar-refractivity contribution is -0.267. The molecule has 9 heteroatoms. The van der Waals surface area contributed by atoms with Crippen LogP contribution < -0.4 is 9.64 Å². The number of carbonyl (C=O) groups is 4. The van der Waals surface area contributed by atoms with Gasteiger partial charge < -0.3 is 23.8 Å². The Hall–Kier alpha value is -3.10. The van der Waals surface area contributed by atoms with Gasteiger partial charge in [0.25, 0.3) is 6.23 Å². The van der Waals surface area contributed by atoms with E-state index in [-0.39, 0.29) is 18.1 Å². The maximum atomic E-state index is 12.4. The van der Waals surface area contributed by atoms with E-state index in [1.165, 1.54) is 37.1 Å². The van der Waals surface area contributed by atoms with Gasteiger partial charge in [0.1, 0.15) is 5.75 Å². The lowest BCUT2D eigenvalue weighted by Gasteiger charge is -2.46. The van der Waals surface area contributed by atoms with Gasteiger partial charge in [0.15, 0.2) is 5.78 Å². The van der Waals surface area contributed by atoms with Gasteiger partial charge in [0.2, 0.25) is 0 Å². The van der Waals surface area contributed by atoms with Gasteiger partial charge >= 0.3 is 23.7 Å². The molecule has 2 atom stereocenters. The molecule has 1 fully saturated rings. The van der Waals surface area contributed by atoms with Crippen molar-refractivity contribution in [3.8, 4) is 5.75 Å². The van der Waals surface area contributed by atoms with Crippen LogP contribution in [0.1, 0.15) is 24.2 Å². The number of fused-ring (bicyclic) bond motifs is 2. The maximum absolute atomic E-state index is 12.4. The minimum absolute atomic E-state index is 0.00199. The van der Waals surface area contributed by atoms with Crippen molar-refractivity contribution in [2.45, 2.75) is 25.9 Å². The molecule has 25 heavy (non-hydrogen) atoms. The predicted octanol–water partition coefficient (Wildman–Crippen LogP) is 0.403. The van der Waals surface area contributed by atoms with Crippen LogP contribution in [0.25, 0.3) is 0 Å². The SMILES string of the molecule is CCOC(=O)C12OC(=O)C(=O)OC1N(C)c1cc(C(C)=O)ccc1O2. The summed E-state index contributed by atoms with van der Waals surface area (Å²) >= 11 is 0. The summed E-state index contributed by atoms with van der Waals surface area (Å²) in [7, 11) is 1.51.